The van der Waals surface area contributed by atoms with E-state index in [0.29, 0.717) is 5.57 Å². The molecule has 0 spiro atoms. The average Bonchev–Trinajstić information content (AvgIpc) is 2.33. The number of hydrogen-bond donors (Lipinski definition) is 2. The van der Waals surface area contributed by atoms with Crippen LogP contribution < -0.4 is 16.2 Å². The van der Waals surface area contributed by atoms with Gasteiger partial charge in [-0.15, -0.1) is 0 Å². The summed E-state index contributed by atoms with van der Waals surface area (Å²) in [5.41, 5.74) is 12.0. The molecule has 19 heavy (non-hydrogen) atoms. The Kier molecular flexibility index (Phi) is 5.32. The van der Waals surface area contributed by atoms with Crippen LogP contribution in [-0.4, -0.2) is 26.8 Å². The number of primary amides is 1. The summed E-state index contributed by atoms with van der Waals surface area (Å²) in [6.45, 7) is 6.91. The summed E-state index contributed by atoms with van der Waals surface area (Å²) in [4.78, 5) is 11.1. The van der Waals surface area contributed by atoms with E-state index in [-0.39, 0.29) is 6.54 Å². The number of ether oxygens (including phenoxy) is 1. The summed E-state index contributed by atoms with van der Waals surface area (Å²) < 4.78 is 5.73. The molecule has 0 aliphatic heterocycles. The maximum atomic E-state index is 11.1. The van der Waals surface area contributed by atoms with E-state index in [4.69, 9.17) is 16.2 Å². The normalized spacial score (nSPS) is 12.3. The van der Waals surface area contributed by atoms with Gasteiger partial charge in [0.1, 0.15) is 5.75 Å². The molecule has 0 bridgehead atoms. The Morgan fingerprint density at radius 3 is 2.26 bits per heavy atom. The smallest absolute Gasteiger partial charge is 0.245 e. The van der Waals surface area contributed by atoms with Crippen LogP contribution in [0, 0.1) is 0 Å². The molecule has 0 fully saturated rings. The molecule has 1 amide bonds. The molecule has 0 aliphatic carbocycles. The SMILES string of the molecule is C[Si](C)(C)COc1ccc(/C=C(/CN)C(N)=O)cc1. The van der Waals surface area contributed by atoms with Gasteiger partial charge in [0.05, 0.1) is 14.3 Å². The van der Waals surface area contributed by atoms with Crippen LogP contribution in [0.4, 0.5) is 0 Å². The molecule has 4 N–H and O–H groups in total. The van der Waals surface area contributed by atoms with Crippen molar-refractivity contribution in [2.24, 2.45) is 11.5 Å². The molecule has 0 unspecified atom stereocenters. The van der Waals surface area contributed by atoms with Gasteiger partial charge in [0, 0.05) is 12.1 Å². The first-order chi connectivity index (χ1) is 8.81. The molecular formula is C14H22N2O2Si. The fraction of sp³-hybridized carbons (Fsp3) is 0.357. The number of carbonyl (C=O) groups excluding carboxylic acids is 1. The predicted molar refractivity (Wildman–Crippen MR) is 81.5 cm³/mol. The molecule has 1 rings (SSSR count). The van der Waals surface area contributed by atoms with E-state index in [1.165, 1.54) is 0 Å². The Morgan fingerprint density at radius 1 is 1.26 bits per heavy atom. The van der Waals surface area contributed by atoms with E-state index in [2.05, 4.69) is 19.6 Å². The average molecular weight is 278 g/mol. The first-order valence-corrected chi connectivity index (χ1v) is 9.96. The maximum Gasteiger partial charge on any atom is 0.245 e. The third-order valence-corrected chi connectivity index (χ3v) is 3.44. The van der Waals surface area contributed by atoms with Crippen molar-refractivity contribution < 1.29 is 9.53 Å². The molecule has 0 aromatic heterocycles. The summed E-state index contributed by atoms with van der Waals surface area (Å²) in [6.07, 6.45) is 2.49. The fourth-order valence-electron chi connectivity index (χ4n) is 1.39. The van der Waals surface area contributed by atoms with Crippen LogP contribution in [0.5, 0.6) is 5.75 Å². The minimum Gasteiger partial charge on any atom is -0.497 e. The van der Waals surface area contributed by atoms with Crippen molar-refractivity contribution in [2.45, 2.75) is 19.6 Å². The van der Waals surface area contributed by atoms with Crippen LogP contribution in [-0.2, 0) is 4.79 Å². The minimum atomic E-state index is -1.21. The molecule has 0 aliphatic rings. The lowest BCUT2D eigenvalue weighted by molar-refractivity contribution is -0.114. The van der Waals surface area contributed by atoms with Gasteiger partial charge in [0.15, 0.2) is 0 Å². The standard InChI is InChI=1S/C14H22N2O2Si/c1-19(2,3)10-18-13-6-4-11(5-7-13)8-12(9-15)14(16)17/h4-8H,9-10,15H2,1-3H3,(H2,16,17)/b12-8-. The van der Waals surface area contributed by atoms with Crippen LogP contribution in [0.25, 0.3) is 6.08 Å². The van der Waals surface area contributed by atoms with Crippen LogP contribution >= 0.6 is 0 Å². The van der Waals surface area contributed by atoms with Crippen LogP contribution in [0.3, 0.4) is 0 Å². The molecule has 0 saturated heterocycles. The third kappa shape index (κ3) is 5.72. The lowest BCUT2D eigenvalue weighted by atomic mass is 10.1. The van der Waals surface area contributed by atoms with Gasteiger partial charge < -0.3 is 16.2 Å². The van der Waals surface area contributed by atoms with Crippen molar-refractivity contribution in [3.8, 4) is 5.75 Å². The van der Waals surface area contributed by atoms with Crippen LogP contribution in [0.1, 0.15) is 5.56 Å². The van der Waals surface area contributed by atoms with Crippen molar-refractivity contribution >= 4 is 20.1 Å². The van der Waals surface area contributed by atoms with Gasteiger partial charge in [-0.2, -0.15) is 0 Å². The zero-order valence-corrected chi connectivity index (χ0v) is 12.8. The molecule has 1 aromatic rings. The number of carbonyl (C=O) groups is 1. The molecule has 1 aromatic carbocycles. The molecule has 104 valence electrons. The molecule has 0 heterocycles. The summed E-state index contributed by atoms with van der Waals surface area (Å²) in [7, 11) is -1.21. The summed E-state index contributed by atoms with van der Waals surface area (Å²) in [6, 6.07) is 7.55. The molecule has 5 heteroatoms. The van der Waals surface area contributed by atoms with E-state index < -0.39 is 14.0 Å². The van der Waals surface area contributed by atoms with Gasteiger partial charge in [-0.05, 0) is 23.8 Å². The Bertz CT molecular complexity index is 461. The molecule has 0 saturated carbocycles. The summed E-state index contributed by atoms with van der Waals surface area (Å²) in [5, 5.41) is 0. The van der Waals surface area contributed by atoms with Gasteiger partial charge in [0.2, 0.25) is 5.91 Å². The maximum absolute atomic E-state index is 11.1. The zero-order valence-electron chi connectivity index (χ0n) is 11.8. The van der Waals surface area contributed by atoms with E-state index in [1.807, 2.05) is 24.3 Å². The Labute approximate surface area is 115 Å². The van der Waals surface area contributed by atoms with Gasteiger partial charge in [-0.25, -0.2) is 0 Å². The number of hydrogen-bond acceptors (Lipinski definition) is 3. The third-order valence-electron chi connectivity index (χ3n) is 2.43. The molecule has 0 atom stereocenters. The molecular weight excluding hydrogens is 256 g/mol. The fourth-order valence-corrected chi connectivity index (χ4v) is 1.99. The first kappa shape index (κ1) is 15.5. The van der Waals surface area contributed by atoms with Gasteiger partial charge in [-0.1, -0.05) is 31.8 Å². The zero-order chi connectivity index (χ0) is 14.5. The van der Waals surface area contributed by atoms with Crippen LogP contribution in [0.2, 0.25) is 19.6 Å². The monoisotopic (exact) mass is 278 g/mol. The van der Waals surface area contributed by atoms with Gasteiger partial charge in [0.25, 0.3) is 0 Å². The highest BCUT2D eigenvalue weighted by molar-refractivity contribution is 6.76. The van der Waals surface area contributed by atoms with E-state index in [1.54, 1.807) is 6.08 Å². The number of amides is 1. The summed E-state index contributed by atoms with van der Waals surface area (Å²) >= 11 is 0. The summed E-state index contributed by atoms with van der Waals surface area (Å²) in [5.74, 6) is 0.356. The number of rotatable bonds is 6. The van der Waals surface area contributed by atoms with Gasteiger partial charge >= 0.3 is 0 Å². The predicted octanol–water partition coefficient (Wildman–Crippen LogP) is 1.77. The molecule has 0 radical (unpaired) electrons. The quantitative estimate of drug-likeness (QED) is 0.615. The highest BCUT2D eigenvalue weighted by atomic mass is 28.3. The minimum absolute atomic E-state index is 0.142. The Morgan fingerprint density at radius 2 is 1.84 bits per heavy atom. The second-order valence-corrected chi connectivity index (χ2v) is 11.1. The van der Waals surface area contributed by atoms with Crippen LogP contribution in [0.15, 0.2) is 29.8 Å². The second-order valence-electron chi connectivity index (χ2n) is 5.66. The lowest BCUT2D eigenvalue weighted by Gasteiger charge is -2.16. The number of benzene rings is 1. The topological polar surface area (TPSA) is 78.3 Å². The largest absolute Gasteiger partial charge is 0.497 e. The molecule has 4 nitrogen and oxygen atoms in total. The van der Waals surface area contributed by atoms with Crippen molar-refractivity contribution in [1.29, 1.82) is 0 Å². The van der Waals surface area contributed by atoms with E-state index in [9.17, 15) is 4.79 Å². The Hall–Kier alpha value is -1.59. The number of nitrogens with two attached hydrogens (primary N) is 2. The van der Waals surface area contributed by atoms with Crippen molar-refractivity contribution in [2.75, 3.05) is 12.8 Å². The highest BCUT2D eigenvalue weighted by Gasteiger charge is 2.13. The highest BCUT2D eigenvalue weighted by Crippen LogP contribution is 2.15. The van der Waals surface area contributed by atoms with E-state index in [0.717, 1.165) is 17.5 Å². The Balaban J connectivity index is 2.74. The van der Waals surface area contributed by atoms with Crippen molar-refractivity contribution in [1.82, 2.24) is 0 Å². The first-order valence-electron chi connectivity index (χ1n) is 6.25. The van der Waals surface area contributed by atoms with E-state index >= 15 is 0 Å². The van der Waals surface area contributed by atoms with Gasteiger partial charge in [-0.3, -0.25) is 4.79 Å². The lowest BCUT2D eigenvalue weighted by Crippen LogP contribution is -2.29. The second kappa shape index (κ2) is 6.54. The van der Waals surface area contributed by atoms with Crippen molar-refractivity contribution in [3.05, 3.63) is 35.4 Å². The van der Waals surface area contributed by atoms with Crippen molar-refractivity contribution in [3.63, 3.8) is 0 Å².